The summed E-state index contributed by atoms with van der Waals surface area (Å²) in [6, 6.07) is 7.11. The zero-order valence-electron chi connectivity index (χ0n) is 12.0. The Morgan fingerprint density at radius 1 is 1.11 bits per heavy atom. The number of nitrogens with one attached hydrogen (secondary N) is 1. The van der Waals surface area contributed by atoms with Crippen molar-refractivity contribution in [3.8, 4) is 5.75 Å². The minimum Gasteiger partial charge on any atom is -0.496 e. The van der Waals surface area contributed by atoms with Crippen molar-refractivity contribution in [1.29, 1.82) is 0 Å². The monoisotopic (exact) mass is 259 g/mol. The molecule has 1 heterocycles. The van der Waals surface area contributed by atoms with Crippen LogP contribution in [-0.4, -0.2) is 13.7 Å². The molecular weight excluding hydrogens is 234 g/mol. The molecule has 1 aromatic rings. The predicted octanol–water partition coefficient (Wildman–Crippen LogP) is 3.85. The Hall–Kier alpha value is -1.02. The molecule has 2 nitrogen and oxygen atoms in total. The van der Waals surface area contributed by atoms with Gasteiger partial charge in [0.05, 0.1) is 7.11 Å². The van der Waals surface area contributed by atoms with Crippen LogP contribution in [0.1, 0.15) is 55.7 Å². The molecule has 0 amide bonds. The highest BCUT2D eigenvalue weighted by molar-refractivity contribution is 5.43. The van der Waals surface area contributed by atoms with Gasteiger partial charge >= 0.3 is 0 Å². The van der Waals surface area contributed by atoms with E-state index in [4.69, 9.17) is 4.74 Å². The van der Waals surface area contributed by atoms with Crippen molar-refractivity contribution >= 4 is 0 Å². The molecule has 1 aromatic carbocycles. The van der Waals surface area contributed by atoms with Crippen LogP contribution in [0, 0.1) is 5.92 Å². The number of rotatable bonds is 2. The molecule has 104 valence electrons. The van der Waals surface area contributed by atoms with E-state index < -0.39 is 0 Å². The fraction of sp³-hybridized carbons (Fsp3) is 0.647. The molecule has 0 spiro atoms. The second-order valence-corrected chi connectivity index (χ2v) is 5.96. The van der Waals surface area contributed by atoms with E-state index in [2.05, 4.69) is 23.5 Å². The third-order valence-electron chi connectivity index (χ3n) is 4.83. The van der Waals surface area contributed by atoms with Gasteiger partial charge in [0.2, 0.25) is 0 Å². The number of fused-ring (bicyclic) bond motifs is 1. The molecule has 2 heteroatoms. The van der Waals surface area contributed by atoms with Gasteiger partial charge in [0.1, 0.15) is 5.75 Å². The smallest absolute Gasteiger partial charge is 0.122 e. The number of methoxy groups -OCH3 is 1. The van der Waals surface area contributed by atoms with Crippen molar-refractivity contribution in [3.63, 3.8) is 0 Å². The topological polar surface area (TPSA) is 21.3 Å². The van der Waals surface area contributed by atoms with Crippen molar-refractivity contribution in [3.05, 3.63) is 29.3 Å². The van der Waals surface area contributed by atoms with E-state index in [-0.39, 0.29) is 0 Å². The minimum absolute atomic E-state index is 0.553. The fourth-order valence-electron chi connectivity index (χ4n) is 3.86. The predicted molar refractivity (Wildman–Crippen MR) is 78.6 cm³/mol. The van der Waals surface area contributed by atoms with Gasteiger partial charge in [-0.05, 0) is 43.4 Å². The van der Waals surface area contributed by atoms with E-state index in [1.165, 1.54) is 49.7 Å². The number of hydrogen-bond acceptors (Lipinski definition) is 2. The SMILES string of the molecule is COc1cccc2c1CCNC2C1CCCCCC1. The molecule has 1 aliphatic heterocycles. The third kappa shape index (κ3) is 2.64. The van der Waals surface area contributed by atoms with Crippen LogP contribution in [0.15, 0.2) is 18.2 Å². The third-order valence-corrected chi connectivity index (χ3v) is 4.83. The molecule has 1 saturated carbocycles. The number of ether oxygens (including phenoxy) is 1. The zero-order valence-corrected chi connectivity index (χ0v) is 12.0. The van der Waals surface area contributed by atoms with Gasteiger partial charge in [0.15, 0.2) is 0 Å². The molecular formula is C17H25NO. The summed E-state index contributed by atoms with van der Waals surface area (Å²) in [5.74, 6) is 1.89. The Labute approximate surface area is 116 Å². The largest absolute Gasteiger partial charge is 0.496 e. The first-order valence-corrected chi connectivity index (χ1v) is 7.79. The standard InChI is InChI=1S/C17H25NO/c1-19-16-10-6-9-15-14(16)11-12-18-17(15)13-7-4-2-3-5-8-13/h6,9-10,13,17-18H,2-5,7-8,11-12H2,1H3. The number of benzene rings is 1. The highest BCUT2D eigenvalue weighted by Crippen LogP contribution is 2.39. The second-order valence-electron chi connectivity index (χ2n) is 5.96. The highest BCUT2D eigenvalue weighted by atomic mass is 16.5. The lowest BCUT2D eigenvalue weighted by molar-refractivity contribution is 0.310. The van der Waals surface area contributed by atoms with E-state index in [0.717, 1.165) is 24.6 Å². The van der Waals surface area contributed by atoms with Gasteiger partial charge in [0, 0.05) is 11.6 Å². The Bertz CT molecular complexity index is 421. The highest BCUT2D eigenvalue weighted by Gasteiger charge is 2.29. The quantitative estimate of drug-likeness (QED) is 0.814. The van der Waals surface area contributed by atoms with Gasteiger partial charge < -0.3 is 10.1 Å². The fourth-order valence-corrected chi connectivity index (χ4v) is 3.86. The Kier molecular flexibility index (Phi) is 4.07. The molecule has 0 radical (unpaired) electrons. The van der Waals surface area contributed by atoms with E-state index in [9.17, 15) is 0 Å². The van der Waals surface area contributed by atoms with Gasteiger partial charge in [-0.15, -0.1) is 0 Å². The van der Waals surface area contributed by atoms with Gasteiger partial charge in [-0.3, -0.25) is 0 Å². The van der Waals surface area contributed by atoms with Crippen LogP contribution in [0.4, 0.5) is 0 Å². The maximum absolute atomic E-state index is 5.55. The maximum atomic E-state index is 5.55. The summed E-state index contributed by atoms with van der Waals surface area (Å²) < 4.78 is 5.55. The summed E-state index contributed by atoms with van der Waals surface area (Å²) in [5, 5.41) is 3.77. The molecule has 0 aromatic heterocycles. The van der Waals surface area contributed by atoms with Crippen LogP contribution >= 0.6 is 0 Å². The van der Waals surface area contributed by atoms with E-state index in [0.29, 0.717) is 6.04 Å². The van der Waals surface area contributed by atoms with Crippen LogP contribution in [0.5, 0.6) is 5.75 Å². The maximum Gasteiger partial charge on any atom is 0.122 e. The first kappa shape index (κ1) is 13.0. The summed E-state index contributed by atoms with van der Waals surface area (Å²) in [6.07, 6.45) is 9.53. The lowest BCUT2D eigenvalue weighted by atomic mass is 9.82. The Balaban J connectivity index is 1.89. The summed E-state index contributed by atoms with van der Waals surface area (Å²) in [5.41, 5.74) is 2.94. The van der Waals surface area contributed by atoms with E-state index in [1.807, 2.05) is 0 Å². The molecule has 19 heavy (non-hydrogen) atoms. The molecule has 0 bridgehead atoms. The first-order valence-electron chi connectivity index (χ1n) is 7.79. The first-order chi connectivity index (χ1) is 9.40. The summed E-state index contributed by atoms with van der Waals surface area (Å²) in [6.45, 7) is 1.09. The lowest BCUT2D eigenvalue weighted by Crippen LogP contribution is -2.35. The van der Waals surface area contributed by atoms with Crippen LogP contribution < -0.4 is 10.1 Å². The van der Waals surface area contributed by atoms with Crippen LogP contribution in [-0.2, 0) is 6.42 Å². The summed E-state index contributed by atoms with van der Waals surface area (Å²) in [7, 11) is 1.79. The minimum atomic E-state index is 0.553. The van der Waals surface area contributed by atoms with Crippen molar-refractivity contribution in [2.45, 2.75) is 51.0 Å². The Morgan fingerprint density at radius 3 is 2.63 bits per heavy atom. The average molecular weight is 259 g/mol. The normalized spacial score (nSPS) is 24.6. The Morgan fingerprint density at radius 2 is 1.89 bits per heavy atom. The average Bonchev–Trinajstić information content (AvgIpc) is 2.75. The molecule has 3 rings (SSSR count). The molecule has 1 fully saturated rings. The van der Waals surface area contributed by atoms with Crippen LogP contribution in [0.2, 0.25) is 0 Å². The van der Waals surface area contributed by atoms with Crippen molar-refractivity contribution in [1.82, 2.24) is 5.32 Å². The van der Waals surface area contributed by atoms with Gasteiger partial charge in [-0.2, -0.15) is 0 Å². The zero-order chi connectivity index (χ0) is 13.1. The molecule has 1 aliphatic carbocycles. The second kappa shape index (κ2) is 5.96. The van der Waals surface area contributed by atoms with Crippen LogP contribution in [0.25, 0.3) is 0 Å². The van der Waals surface area contributed by atoms with E-state index in [1.54, 1.807) is 7.11 Å². The van der Waals surface area contributed by atoms with E-state index >= 15 is 0 Å². The summed E-state index contributed by atoms with van der Waals surface area (Å²) >= 11 is 0. The van der Waals surface area contributed by atoms with Crippen molar-refractivity contribution in [2.24, 2.45) is 5.92 Å². The van der Waals surface area contributed by atoms with Gasteiger partial charge in [0.25, 0.3) is 0 Å². The molecule has 0 saturated heterocycles. The van der Waals surface area contributed by atoms with Gasteiger partial charge in [-0.25, -0.2) is 0 Å². The summed E-state index contributed by atoms with van der Waals surface area (Å²) in [4.78, 5) is 0. The molecule has 2 aliphatic rings. The van der Waals surface area contributed by atoms with Crippen molar-refractivity contribution < 1.29 is 4.74 Å². The lowest BCUT2D eigenvalue weighted by Gasteiger charge is -2.33. The van der Waals surface area contributed by atoms with Crippen molar-refractivity contribution in [2.75, 3.05) is 13.7 Å². The van der Waals surface area contributed by atoms with Crippen LogP contribution in [0.3, 0.4) is 0 Å². The molecule has 1 atom stereocenters. The van der Waals surface area contributed by atoms with Gasteiger partial charge in [-0.1, -0.05) is 37.8 Å². The molecule has 1 unspecified atom stereocenters. The number of hydrogen-bond donors (Lipinski definition) is 1. The molecule has 1 N–H and O–H groups in total.